The molecular formula is C19H16BrNO3S. The van der Waals surface area contributed by atoms with E-state index in [4.69, 9.17) is 4.74 Å². The van der Waals surface area contributed by atoms with E-state index in [1.165, 1.54) is 12.1 Å². The van der Waals surface area contributed by atoms with Gasteiger partial charge in [0.2, 0.25) is 0 Å². The standard InChI is InChI=1S/C19H16BrNO3S/c1-14-2-6-16(7-3-14)21-25(22,23)19-12-10-18(11-13-19)24-17-8-4-15(20)5-9-17/h2-13,21H,1H3. The normalized spacial score (nSPS) is 11.1. The number of ether oxygens (including phenoxy) is 1. The molecule has 0 aliphatic carbocycles. The van der Waals surface area contributed by atoms with Crippen LogP contribution in [0.3, 0.4) is 0 Å². The summed E-state index contributed by atoms with van der Waals surface area (Å²) in [7, 11) is -3.63. The lowest BCUT2D eigenvalue weighted by molar-refractivity contribution is 0.482. The van der Waals surface area contributed by atoms with E-state index in [0.717, 1.165) is 10.0 Å². The summed E-state index contributed by atoms with van der Waals surface area (Å²) in [5.74, 6) is 1.24. The third-order valence-electron chi connectivity index (χ3n) is 3.49. The Morgan fingerprint density at radius 3 is 1.88 bits per heavy atom. The van der Waals surface area contributed by atoms with Crippen molar-refractivity contribution in [2.24, 2.45) is 0 Å². The number of sulfonamides is 1. The fourth-order valence-corrected chi connectivity index (χ4v) is 3.48. The molecule has 0 unspecified atom stereocenters. The third-order valence-corrected chi connectivity index (χ3v) is 5.41. The van der Waals surface area contributed by atoms with Crippen molar-refractivity contribution in [2.75, 3.05) is 4.72 Å². The van der Waals surface area contributed by atoms with E-state index in [-0.39, 0.29) is 4.90 Å². The number of halogens is 1. The molecule has 0 aliphatic rings. The first-order valence-corrected chi connectivity index (χ1v) is 9.83. The van der Waals surface area contributed by atoms with E-state index in [9.17, 15) is 8.42 Å². The predicted molar refractivity (Wildman–Crippen MR) is 103 cm³/mol. The Kier molecular flexibility index (Phi) is 5.11. The van der Waals surface area contributed by atoms with Gasteiger partial charge in [-0.15, -0.1) is 0 Å². The lowest BCUT2D eigenvalue weighted by Crippen LogP contribution is -2.12. The summed E-state index contributed by atoms with van der Waals surface area (Å²) < 4.78 is 34.1. The number of nitrogens with one attached hydrogen (secondary N) is 1. The molecule has 6 heteroatoms. The number of anilines is 1. The molecule has 25 heavy (non-hydrogen) atoms. The van der Waals surface area contributed by atoms with Crippen LogP contribution in [0.5, 0.6) is 11.5 Å². The van der Waals surface area contributed by atoms with Gasteiger partial charge in [-0.2, -0.15) is 0 Å². The second-order valence-corrected chi connectivity index (χ2v) is 8.10. The van der Waals surface area contributed by atoms with E-state index in [2.05, 4.69) is 20.7 Å². The number of rotatable bonds is 5. The molecule has 0 heterocycles. The maximum absolute atomic E-state index is 12.4. The first kappa shape index (κ1) is 17.5. The minimum Gasteiger partial charge on any atom is -0.457 e. The van der Waals surface area contributed by atoms with Gasteiger partial charge in [0.15, 0.2) is 0 Å². The van der Waals surface area contributed by atoms with Gasteiger partial charge in [-0.3, -0.25) is 4.72 Å². The fraction of sp³-hybridized carbons (Fsp3) is 0.0526. The highest BCUT2D eigenvalue weighted by atomic mass is 79.9. The average Bonchev–Trinajstić information content (AvgIpc) is 2.59. The minimum absolute atomic E-state index is 0.177. The minimum atomic E-state index is -3.63. The molecule has 3 rings (SSSR count). The maximum atomic E-state index is 12.4. The summed E-state index contributed by atoms with van der Waals surface area (Å²) in [5.41, 5.74) is 1.60. The molecule has 0 fully saturated rings. The number of aryl methyl sites for hydroxylation is 1. The van der Waals surface area contributed by atoms with Crippen molar-refractivity contribution in [3.8, 4) is 11.5 Å². The molecule has 3 aromatic carbocycles. The van der Waals surface area contributed by atoms with E-state index in [0.29, 0.717) is 17.2 Å². The van der Waals surface area contributed by atoms with Crippen LogP contribution in [-0.2, 0) is 10.0 Å². The second kappa shape index (κ2) is 7.29. The molecule has 0 bridgehead atoms. The highest BCUT2D eigenvalue weighted by Crippen LogP contribution is 2.25. The highest BCUT2D eigenvalue weighted by Gasteiger charge is 2.14. The SMILES string of the molecule is Cc1ccc(NS(=O)(=O)c2ccc(Oc3ccc(Br)cc3)cc2)cc1. The van der Waals surface area contributed by atoms with Crippen molar-refractivity contribution in [2.45, 2.75) is 11.8 Å². The summed E-state index contributed by atoms with van der Waals surface area (Å²) in [4.78, 5) is 0.177. The molecule has 0 aliphatic heterocycles. The highest BCUT2D eigenvalue weighted by molar-refractivity contribution is 9.10. The molecule has 1 N–H and O–H groups in total. The van der Waals surface area contributed by atoms with Gasteiger partial charge in [0.05, 0.1) is 4.90 Å². The van der Waals surface area contributed by atoms with Crippen molar-refractivity contribution in [3.63, 3.8) is 0 Å². The van der Waals surface area contributed by atoms with Gasteiger partial charge in [0, 0.05) is 10.2 Å². The fourth-order valence-electron chi connectivity index (χ4n) is 2.16. The smallest absolute Gasteiger partial charge is 0.261 e. The van der Waals surface area contributed by atoms with Crippen LogP contribution in [0.1, 0.15) is 5.56 Å². The predicted octanol–water partition coefficient (Wildman–Crippen LogP) is 5.35. The molecule has 128 valence electrons. The van der Waals surface area contributed by atoms with Gasteiger partial charge < -0.3 is 4.74 Å². The van der Waals surface area contributed by atoms with Crippen LogP contribution in [-0.4, -0.2) is 8.42 Å². The molecule has 0 aromatic heterocycles. The van der Waals surface area contributed by atoms with E-state index in [1.54, 1.807) is 24.3 Å². The summed E-state index contributed by atoms with van der Waals surface area (Å²) in [6.45, 7) is 1.95. The summed E-state index contributed by atoms with van der Waals surface area (Å²) in [5, 5.41) is 0. The Labute approximate surface area is 155 Å². The van der Waals surface area contributed by atoms with Crippen molar-refractivity contribution in [1.29, 1.82) is 0 Å². The van der Waals surface area contributed by atoms with Gasteiger partial charge in [0.1, 0.15) is 11.5 Å². The van der Waals surface area contributed by atoms with Gasteiger partial charge in [-0.25, -0.2) is 8.42 Å². The van der Waals surface area contributed by atoms with E-state index >= 15 is 0 Å². The van der Waals surface area contributed by atoms with Crippen LogP contribution in [0, 0.1) is 6.92 Å². The van der Waals surface area contributed by atoms with E-state index < -0.39 is 10.0 Å². The van der Waals surface area contributed by atoms with Gasteiger partial charge in [0.25, 0.3) is 10.0 Å². The quantitative estimate of drug-likeness (QED) is 0.608. The number of hydrogen-bond acceptors (Lipinski definition) is 3. The van der Waals surface area contributed by atoms with Crippen LogP contribution < -0.4 is 9.46 Å². The van der Waals surface area contributed by atoms with Gasteiger partial charge in [-0.05, 0) is 67.6 Å². The molecule has 0 spiro atoms. The van der Waals surface area contributed by atoms with Gasteiger partial charge >= 0.3 is 0 Å². The lowest BCUT2D eigenvalue weighted by atomic mass is 10.2. The number of hydrogen-bond donors (Lipinski definition) is 1. The van der Waals surface area contributed by atoms with Crippen LogP contribution in [0.15, 0.2) is 82.2 Å². The summed E-state index contributed by atoms with van der Waals surface area (Å²) in [6.07, 6.45) is 0. The molecule has 0 radical (unpaired) electrons. The zero-order valence-corrected chi connectivity index (χ0v) is 15.8. The molecule has 4 nitrogen and oxygen atoms in total. The zero-order chi connectivity index (χ0) is 17.9. The Hall–Kier alpha value is -2.31. The van der Waals surface area contributed by atoms with Crippen molar-refractivity contribution in [1.82, 2.24) is 0 Å². The van der Waals surface area contributed by atoms with Crippen LogP contribution in [0.25, 0.3) is 0 Å². The Balaban J connectivity index is 1.74. The second-order valence-electron chi connectivity index (χ2n) is 5.50. The Morgan fingerprint density at radius 1 is 0.800 bits per heavy atom. The first-order chi connectivity index (χ1) is 11.9. The molecular weight excluding hydrogens is 402 g/mol. The van der Waals surface area contributed by atoms with Crippen molar-refractivity contribution >= 4 is 31.6 Å². The topological polar surface area (TPSA) is 55.4 Å². The van der Waals surface area contributed by atoms with Crippen LogP contribution in [0.4, 0.5) is 5.69 Å². The average molecular weight is 418 g/mol. The monoisotopic (exact) mass is 417 g/mol. The maximum Gasteiger partial charge on any atom is 0.261 e. The van der Waals surface area contributed by atoms with Gasteiger partial charge in [-0.1, -0.05) is 33.6 Å². The van der Waals surface area contributed by atoms with Crippen molar-refractivity contribution in [3.05, 3.63) is 82.8 Å². The van der Waals surface area contributed by atoms with Crippen LogP contribution >= 0.6 is 15.9 Å². The lowest BCUT2D eigenvalue weighted by Gasteiger charge is -2.10. The zero-order valence-electron chi connectivity index (χ0n) is 13.4. The van der Waals surface area contributed by atoms with Crippen molar-refractivity contribution < 1.29 is 13.2 Å². The Bertz CT molecular complexity index is 951. The largest absolute Gasteiger partial charge is 0.457 e. The Morgan fingerprint density at radius 2 is 1.32 bits per heavy atom. The molecule has 0 atom stereocenters. The van der Waals surface area contributed by atoms with Crippen LogP contribution in [0.2, 0.25) is 0 Å². The first-order valence-electron chi connectivity index (χ1n) is 7.55. The summed E-state index contributed by atoms with van der Waals surface area (Å²) >= 11 is 3.36. The molecule has 0 saturated carbocycles. The third kappa shape index (κ3) is 4.61. The number of benzene rings is 3. The molecule has 0 saturated heterocycles. The summed E-state index contributed by atoms with van der Waals surface area (Å²) in [6, 6.07) is 20.9. The molecule has 0 amide bonds. The molecule has 3 aromatic rings. The van der Waals surface area contributed by atoms with E-state index in [1.807, 2.05) is 43.3 Å².